The maximum atomic E-state index is 11.1. The fourth-order valence-corrected chi connectivity index (χ4v) is 2.58. The van der Waals surface area contributed by atoms with E-state index >= 15 is 0 Å². The number of rotatable bonds is 4. The summed E-state index contributed by atoms with van der Waals surface area (Å²) in [7, 11) is 0. The Kier molecular flexibility index (Phi) is 4.83. The van der Waals surface area contributed by atoms with Gasteiger partial charge >= 0.3 is 5.97 Å². The molecule has 20 heavy (non-hydrogen) atoms. The molecule has 3 nitrogen and oxygen atoms in total. The van der Waals surface area contributed by atoms with Crippen LogP contribution in [0.4, 0.5) is 5.69 Å². The van der Waals surface area contributed by atoms with Gasteiger partial charge in [0.25, 0.3) is 0 Å². The van der Waals surface area contributed by atoms with Crippen LogP contribution < -0.4 is 5.32 Å². The Labute approximate surface area is 134 Å². The molecule has 0 saturated heterocycles. The lowest BCUT2D eigenvalue weighted by Crippen LogP contribution is -2.05. The molecule has 0 unspecified atom stereocenters. The lowest BCUT2D eigenvalue weighted by Gasteiger charge is -2.12. The summed E-state index contributed by atoms with van der Waals surface area (Å²) in [6, 6.07) is 11.2. The van der Waals surface area contributed by atoms with Gasteiger partial charge in [0.1, 0.15) is 0 Å². The molecule has 2 aromatic rings. The molecule has 5 heteroatoms. The van der Waals surface area contributed by atoms with E-state index in [-0.39, 0.29) is 0 Å². The van der Waals surface area contributed by atoms with Crippen molar-refractivity contribution in [3.63, 3.8) is 0 Å². The molecular formula is C15H13Br2NO2. The summed E-state index contributed by atoms with van der Waals surface area (Å²) in [6.07, 6.45) is 0. The van der Waals surface area contributed by atoms with E-state index < -0.39 is 5.97 Å². The molecule has 104 valence electrons. The van der Waals surface area contributed by atoms with Gasteiger partial charge in [0.05, 0.1) is 5.56 Å². The fourth-order valence-electron chi connectivity index (χ4n) is 1.91. The molecule has 0 heterocycles. The maximum absolute atomic E-state index is 11.1. The van der Waals surface area contributed by atoms with E-state index in [1.54, 1.807) is 12.1 Å². The molecule has 0 atom stereocenters. The second-order valence-corrected chi connectivity index (χ2v) is 6.09. The normalized spacial score (nSPS) is 10.3. The Balaban J connectivity index is 2.17. The first-order valence-electron chi connectivity index (χ1n) is 5.99. The van der Waals surface area contributed by atoms with E-state index in [0.717, 1.165) is 25.8 Å². The molecule has 0 bridgehead atoms. The smallest absolute Gasteiger partial charge is 0.336 e. The number of halogens is 2. The van der Waals surface area contributed by atoms with Crippen LogP contribution in [0, 0.1) is 6.92 Å². The number of carbonyl (C=O) groups is 1. The van der Waals surface area contributed by atoms with Crippen LogP contribution in [0.3, 0.4) is 0 Å². The van der Waals surface area contributed by atoms with Crippen molar-refractivity contribution >= 4 is 43.5 Å². The first kappa shape index (κ1) is 15.1. The Hall–Kier alpha value is -1.33. The van der Waals surface area contributed by atoms with Gasteiger partial charge in [-0.3, -0.25) is 0 Å². The minimum atomic E-state index is -0.905. The number of aromatic carboxylic acids is 1. The van der Waals surface area contributed by atoms with Gasteiger partial charge in [-0.1, -0.05) is 12.1 Å². The van der Waals surface area contributed by atoms with Crippen LogP contribution in [0.5, 0.6) is 0 Å². The number of anilines is 1. The Morgan fingerprint density at radius 3 is 2.60 bits per heavy atom. The highest BCUT2D eigenvalue weighted by Gasteiger charge is 2.09. The summed E-state index contributed by atoms with van der Waals surface area (Å²) >= 11 is 6.89. The van der Waals surface area contributed by atoms with Gasteiger partial charge < -0.3 is 10.4 Å². The first-order chi connectivity index (χ1) is 9.49. The Morgan fingerprint density at radius 2 is 1.95 bits per heavy atom. The molecule has 0 saturated carbocycles. The highest BCUT2D eigenvalue weighted by atomic mass is 79.9. The van der Waals surface area contributed by atoms with E-state index in [9.17, 15) is 4.79 Å². The number of carboxylic acid groups (broad SMARTS) is 1. The molecule has 0 aliphatic heterocycles. The highest BCUT2D eigenvalue weighted by Crippen LogP contribution is 2.25. The standard InChI is InChI=1S/C15H13Br2NO2/c1-9-11(15(19)20)3-2-4-14(9)18-8-10-5-6-12(16)13(17)7-10/h2-7,18H,8H2,1H3,(H,19,20). The molecular weight excluding hydrogens is 386 g/mol. The molecule has 0 radical (unpaired) electrons. The van der Waals surface area contributed by atoms with Crippen molar-refractivity contribution in [3.05, 3.63) is 62.0 Å². The third kappa shape index (κ3) is 3.41. The van der Waals surface area contributed by atoms with Gasteiger partial charge in [-0.25, -0.2) is 4.79 Å². The second-order valence-electron chi connectivity index (χ2n) is 4.39. The van der Waals surface area contributed by atoms with Gasteiger partial charge in [0.2, 0.25) is 0 Å². The molecule has 0 spiro atoms. The predicted molar refractivity (Wildman–Crippen MR) is 87.3 cm³/mol. The molecule has 2 rings (SSSR count). The van der Waals surface area contributed by atoms with Crippen molar-refractivity contribution < 1.29 is 9.90 Å². The third-order valence-electron chi connectivity index (χ3n) is 3.03. The van der Waals surface area contributed by atoms with Crippen molar-refractivity contribution in [1.82, 2.24) is 0 Å². The Bertz CT molecular complexity index is 656. The average molecular weight is 399 g/mol. The van der Waals surface area contributed by atoms with Gasteiger partial charge in [0, 0.05) is 21.2 Å². The van der Waals surface area contributed by atoms with Crippen LogP contribution in [0.2, 0.25) is 0 Å². The molecule has 0 amide bonds. The van der Waals surface area contributed by atoms with Crippen LogP contribution >= 0.6 is 31.9 Å². The van der Waals surface area contributed by atoms with Crippen LogP contribution in [0.25, 0.3) is 0 Å². The summed E-state index contributed by atoms with van der Waals surface area (Å²) in [4.78, 5) is 11.1. The molecule has 0 fully saturated rings. The highest BCUT2D eigenvalue weighted by molar-refractivity contribution is 9.13. The monoisotopic (exact) mass is 397 g/mol. The van der Waals surface area contributed by atoms with Crippen LogP contribution in [-0.2, 0) is 6.54 Å². The van der Waals surface area contributed by atoms with Gasteiger partial charge in [-0.15, -0.1) is 0 Å². The SMILES string of the molecule is Cc1c(NCc2ccc(Br)c(Br)c2)cccc1C(=O)O. The minimum Gasteiger partial charge on any atom is -0.478 e. The van der Waals surface area contributed by atoms with Crippen molar-refractivity contribution in [1.29, 1.82) is 0 Å². The van der Waals surface area contributed by atoms with Gasteiger partial charge in [0.15, 0.2) is 0 Å². The quantitative estimate of drug-likeness (QED) is 0.775. The second kappa shape index (κ2) is 6.41. The third-order valence-corrected chi connectivity index (χ3v) is 4.91. The summed E-state index contributed by atoms with van der Waals surface area (Å²) in [6.45, 7) is 2.44. The lowest BCUT2D eigenvalue weighted by atomic mass is 10.1. The number of carboxylic acids is 1. The summed E-state index contributed by atoms with van der Waals surface area (Å²) in [5.74, 6) is -0.905. The minimum absolute atomic E-state index is 0.326. The molecule has 0 aromatic heterocycles. The van der Waals surface area contributed by atoms with Crippen molar-refractivity contribution in [2.45, 2.75) is 13.5 Å². The summed E-state index contributed by atoms with van der Waals surface area (Å²) in [5, 5.41) is 12.4. The topological polar surface area (TPSA) is 49.3 Å². The number of nitrogens with one attached hydrogen (secondary N) is 1. The van der Waals surface area contributed by atoms with Crippen LogP contribution in [0.15, 0.2) is 45.3 Å². The molecule has 0 aliphatic carbocycles. The number of benzene rings is 2. The van der Waals surface area contributed by atoms with Gasteiger partial charge in [-0.05, 0) is 74.2 Å². The lowest BCUT2D eigenvalue weighted by molar-refractivity contribution is 0.0696. The van der Waals surface area contributed by atoms with Crippen LogP contribution in [-0.4, -0.2) is 11.1 Å². The van der Waals surface area contributed by atoms with Crippen molar-refractivity contribution in [2.24, 2.45) is 0 Å². The van der Waals surface area contributed by atoms with E-state index in [1.807, 2.05) is 31.2 Å². The number of hydrogen-bond donors (Lipinski definition) is 2. The first-order valence-corrected chi connectivity index (χ1v) is 7.58. The zero-order valence-electron chi connectivity index (χ0n) is 10.8. The molecule has 0 aliphatic rings. The van der Waals surface area contributed by atoms with E-state index in [2.05, 4.69) is 37.2 Å². The van der Waals surface area contributed by atoms with E-state index in [1.165, 1.54) is 0 Å². The van der Waals surface area contributed by atoms with Crippen LogP contribution in [0.1, 0.15) is 21.5 Å². The van der Waals surface area contributed by atoms with E-state index in [4.69, 9.17) is 5.11 Å². The zero-order chi connectivity index (χ0) is 14.7. The maximum Gasteiger partial charge on any atom is 0.336 e. The Morgan fingerprint density at radius 1 is 1.20 bits per heavy atom. The average Bonchev–Trinajstić information content (AvgIpc) is 2.41. The number of hydrogen-bond acceptors (Lipinski definition) is 2. The zero-order valence-corrected chi connectivity index (χ0v) is 14.0. The fraction of sp³-hybridized carbons (Fsp3) is 0.133. The van der Waals surface area contributed by atoms with Gasteiger partial charge in [-0.2, -0.15) is 0 Å². The predicted octanol–water partition coefficient (Wildman–Crippen LogP) is 4.83. The van der Waals surface area contributed by atoms with Crippen molar-refractivity contribution in [3.8, 4) is 0 Å². The largest absolute Gasteiger partial charge is 0.478 e. The molecule has 2 N–H and O–H groups in total. The van der Waals surface area contributed by atoms with Crippen molar-refractivity contribution in [2.75, 3.05) is 5.32 Å². The molecule has 2 aromatic carbocycles. The summed E-state index contributed by atoms with van der Waals surface area (Å²) < 4.78 is 2.00. The summed E-state index contributed by atoms with van der Waals surface area (Å²) in [5.41, 5.74) is 3.02. The van der Waals surface area contributed by atoms with E-state index in [0.29, 0.717) is 12.1 Å².